The summed E-state index contributed by atoms with van der Waals surface area (Å²) in [5, 5.41) is 0. The van der Waals surface area contributed by atoms with Gasteiger partial charge in [0.15, 0.2) is 0 Å². The third-order valence-corrected chi connectivity index (χ3v) is 4.49. The zero-order valence-corrected chi connectivity index (χ0v) is 14.6. The first-order chi connectivity index (χ1) is 13.5. The summed E-state index contributed by atoms with van der Waals surface area (Å²) in [4.78, 5) is 37.8. The molecule has 0 aliphatic carbocycles. The Morgan fingerprint density at radius 3 is 2.57 bits per heavy atom. The van der Waals surface area contributed by atoms with Gasteiger partial charge in [-0.1, -0.05) is 30.3 Å². The van der Waals surface area contributed by atoms with Crippen molar-refractivity contribution in [2.75, 3.05) is 11.4 Å². The van der Waals surface area contributed by atoms with Crippen molar-refractivity contribution in [3.8, 4) is 11.4 Å². The number of anilines is 1. The van der Waals surface area contributed by atoms with Crippen molar-refractivity contribution in [1.82, 2.24) is 19.5 Å². The fraction of sp³-hybridized carbons (Fsp3) is 0.211. The zero-order chi connectivity index (χ0) is 19.7. The lowest BCUT2D eigenvalue weighted by Crippen LogP contribution is -2.51. The van der Waals surface area contributed by atoms with E-state index in [4.69, 9.17) is 0 Å². The minimum Gasteiger partial charge on any atom is -0.322 e. The molecule has 2 aromatic heterocycles. The molecule has 1 aliphatic heterocycles. The summed E-state index contributed by atoms with van der Waals surface area (Å²) in [5.41, 5.74) is 0.505. The van der Waals surface area contributed by atoms with Gasteiger partial charge in [0.25, 0.3) is 11.5 Å². The van der Waals surface area contributed by atoms with Gasteiger partial charge in [0, 0.05) is 12.3 Å². The Bertz CT molecular complexity index is 1060. The van der Waals surface area contributed by atoms with Crippen LogP contribution in [0.3, 0.4) is 0 Å². The van der Waals surface area contributed by atoms with E-state index >= 15 is 0 Å². The first-order valence-electron chi connectivity index (χ1n) is 8.51. The van der Waals surface area contributed by atoms with Crippen LogP contribution in [0.4, 0.5) is 14.7 Å². The quantitative estimate of drug-likeness (QED) is 0.642. The Labute approximate surface area is 158 Å². The summed E-state index contributed by atoms with van der Waals surface area (Å²) < 4.78 is 29.7. The summed E-state index contributed by atoms with van der Waals surface area (Å²) in [6.07, 6.45) is 3.37. The molecular formula is C19H15F2N5O2. The lowest BCUT2D eigenvalue weighted by molar-refractivity contribution is -0.109. The maximum atomic E-state index is 14.4. The summed E-state index contributed by atoms with van der Waals surface area (Å²) in [7, 11) is 0. The number of carbonyl (C=O) groups excluding carboxylic acids is 1. The van der Waals surface area contributed by atoms with E-state index in [-0.39, 0.29) is 11.6 Å². The minimum absolute atomic E-state index is 0.00740. The van der Waals surface area contributed by atoms with Crippen molar-refractivity contribution in [2.24, 2.45) is 0 Å². The van der Waals surface area contributed by atoms with Gasteiger partial charge in [-0.3, -0.25) is 9.36 Å². The minimum atomic E-state index is -3.19. The Kier molecular flexibility index (Phi) is 4.42. The summed E-state index contributed by atoms with van der Waals surface area (Å²) in [6.45, 7) is -1.53. The molecule has 0 N–H and O–H groups in total. The van der Waals surface area contributed by atoms with Gasteiger partial charge >= 0.3 is 0 Å². The average Bonchev–Trinajstić information content (AvgIpc) is 2.70. The fourth-order valence-electron chi connectivity index (χ4n) is 3.24. The number of benzene rings is 1. The van der Waals surface area contributed by atoms with E-state index in [9.17, 15) is 18.4 Å². The number of aldehydes is 1. The molecule has 0 bridgehead atoms. The lowest BCUT2D eigenvalue weighted by Gasteiger charge is -2.38. The molecule has 0 saturated carbocycles. The Morgan fingerprint density at radius 2 is 1.89 bits per heavy atom. The highest BCUT2D eigenvalue weighted by Gasteiger charge is 2.42. The number of nitrogens with zero attached hydrogens (tertiary/aromatic N) is 5. The molecule has 0 fully saturated rings. The van der Waals surface area contributed by atoms with Crippen molar-refractivity contribution < 1.29 is 13.6 Å². The number of hydrogen-bond donors (Lipinski definition) is 0. The van der Waals surface area contributed by atoms with Crippen LogP contribution in [-0.4, -0.2) is 38.3 Å². The Balaban J connectivity index is 1.89. The predicted octanol–water partition coefficient (Wildman–Crippen LogP) is 2.10. The summed E-state index contributed by atoms with van der Waals surface area (Å²) in [6, 6.07) is 10.2. The van der Waals surface area contributed by atoms with E-state index in [0.717, 1.165) is 15.5 Å². The van der Waals surface area contributed by atoms with Gasteiger partial charge < -0.3 is 9.69 Å². The second kappa shape index (κ2) is 6.91. The molecule has 1 unspecified atom stereocenters. The Morgan fingerprint density at radius 1 is 1.11 bits per heavy atom. The number of hydrogen-bond acceptors (Lipinski definition) is 6. The van der Waals surface area contributed by atoms with E-state index in [0.29, 0.717) is 17.5 Å². The third kappa shape index (κ3) is 3.26. The van der Waals surface area contributed by atoms with Gasteiger partial charge in [-0.15, -0.1) is 0 Å². The predicted molar refractivity (Wildman–Crippen MR) is 97.1 cm³/mol. The largest absolute Gasteiger partial charge is 0.322 e. The van der Waals surface area contributed by atoms with Crippen molar-refractivity contribution in [1.29, 1.82) is 0 Å². The van der Waals surface area contributed by atoms with Crippen LogP contribution >= 0.6 is 0 Å². The van der Waals surface area contributed by atoms with Gasteiger partial charge in [-0.05, 0) is 11.6 Å². The van der Waals surface area contributed by atoms with Crippen LogP contribution in [0.5, 0.6) is 0 Å². The van der Waals surface area contributed by atoms with Gasteiger partial charge in [-0.25, -0.2) is 23.7 Å². The van der Waals surface area contributed by atoms with Crippen LogP contribution in [0, 0.1) is 0 Å². The molecule has 1 aromatic carbocycles. The first kappa shape index (κ1) is 17.9. The number of carbonyl (C=O) groups is 1. The fourth-order valence-corrected chi connectivity index (χ4v) is 3.24. The molecule has 9 heteroatoms. The normalized spacial score (nSPS) is 16.3. The zero-order valence-electron chi connectivity index (χ0n) is 14.6. The molecule has 142 valence electrons. The highest BCUT2D eigenvalue weighted by atomic mass is 19.3. The molecule has 1 aliphatic rings. The van der Waals surface area contributed by atoms with Crippen LogP contribution in [0.25, 0.3) is 11.4 Å². The topological polar surface area (TPSA) is 81.0 Å². The second-order valence-corrected chi connectivity index (χ2v) is 6.44. The SMILES string of the molecule is O=CC(c1ccccc1)N1CC(F)(F)Cn2c1nc(-c1ccncn1)cc2=O. The smallest absolute Gasteiger partial charge is 0.283 e. The standard InChI is InChI=1S/C19H15F2N5O2/c20-19(21)10-25(16(9-27)13-4-2-1-3-5-13)18-24-15(8-17(28)26(18)11-19)14-6-7-22-12-23-14/h1-9,12,16H,10-11H2. The number of halogens is 2. The van der Waals surface area contributed by atoms with E-state index < -0.39 is 30.6 Å². The lowest BCUT2D eigenvalue weighted by atomic mass is 10.1. The van der Waals surface area contributed by atoms with Gasteiger partial charge in [0.1, 0.15) is 18.7 Å². The molecule has 1 atom stereocenters. The molecular weight excluding hydrogens is 368 g/mol. The van der Waals surface area contributed by atoms with E-state index in [2.05, 4.69) is 15.0 Å². The van der Waals surface area contributed by atoms with Crippen LogP contribution in [0.15, 0.2) is 59.8 Å². The molecule has 0 radical (unpaired) electrons. The van der Waals surface area contributed by atoms with Crippen LogP contribution in [0.2, 0.25) is 0 Å². The molecule has 28 heavy (non-hydrogen) atoms. The number of rotatable bonds is 4. The van der Waals surface area contributed by atoms with E-state index in [1.807, 2.05) is 0 Å². The Hall–Kier alpha value is -3.49. The van der Waals surface area contributed by atoms with Crippen molar-refractivity contribution in [2.45, 2.75) is 18.5 Å². The molecule has 7 nitrogen and oxygen atoms in total. The first-order valence-corrected chi connectivity index (χ1v) is 8.51. The molecule has 4 rings (SSSR count). The molecule has 0 saturated heterocycles. The molecule has 0 amide bonds. The highest BCUT2D eigenvalue weighted by Crippen LogP contribution is 2.34. The van der Waals surface area contributed by atoms with Crippen molar-refractivity contribution >= 4 is 12.2 Å². The number of alkyl halides is 2. The summed E-state index contributed by atoms with van der Waals surface area (Å²) >= 11 is 0. The molecule has 0 spiro atoms. The summed E-state index contributed by atoms with van der Waals surface area (Å²) in [5.74, 6) is -3.18. The third-order valence-electron chi connectivity index (χ3n) is 4.49. The maximum Gasteiger partial charge on any atom is 0.283 e. The van der Waals surface area contributed by atoms with Crippen molar-refractivity contribution in [3.05, 3.63) is 70.9 Å². The van der Waals surface area contributed by atoms with Gasteiger partial charge in [-0.2, -0.15) is 0 Å². The average molecular weight is 383 g/mol. The van der Waals surface area contributed by atoms with Crippen LogP contribution < -0.4 is 10.5 Å². The number of fused-ring (bicyclic) bond motifs is 1. The monoisotopic (exact) mass is 383 g/mol. The molecule has 3 aromatic rings. The molecule has 3 heterocycles. The van der Waals surface area contributed by atoms with E-state index in [1.54, 1.807) is 36.4 Å². The van der Waals surface area contributed by atoms with Crippen LogP contribution in [0.1, 0.15) is 11.6 Å². The highest BCUT2D eigenvalue weighted by molar-refractivity contribution is 5.68. The van der Waals surface area contributed by atoms with Gasteiger partial charge in [0.05, 0.1) is 24.5 Å². The van der Waals surface area contributed by atoms with Gasteiger partial charge in [0.2, 0.25) is 5.95 Å². The second-order valence-electron chi connectivity index (χ2n) is 6.44. The van der Waals surface area contributed by atoms with Crippen LogP contribution in [-0.2, 0) is 11.3 Å². The number of aromatic nitrogens is 4. The van der Waals surface area contributed by atoms with Crippen molar-refractivity contribution in [3.63, 3.8) is 0 Å². The maximum absolute atomic E-state index is 14.4. The van der Waals surface area contributed by atoms with E-state index in [1.165, 1.54) is 12.5 Å².